The van der Waals surface area contributed by atoms with Gasteiger partial charge in [-0.25, -0.2) is 4.79 Å². The van der Waals surface area contributed by atoms with Crippen LogP contribution in [0.4, 0.5) is 10.6 Å². The summed E-state index contributed by atoms with van der Waals surface area (Å²) in [6.07, 6.45) is 2.36. The number of benzene rings is 1. The number of aromatic nitrogens is 2. The smallest absolute Gasteiger partial charge is 0.320 e. The molecular weight excluding hydrogens is 304 g/mol. The molecule has 0 aliphatic heterocycles. The first kappa shape index (κ1) is 17.7. The van der Waals surface area contributed by atoms with Crippen LogP contribution in [0.15, 0.2) is 42.6 Å². The van der Waals surface area contributed by atoms with Gasteiger partial charge in [0.05, 0.1) is 12.6 Å². The molecule has 24 heavy (non-hydrogen) atoms. The van der Waals surface area contributed by atoms with E-state index in [0.717, 1.165) is 17.7 Å². The zero-order valence-corrected chi connectivity index (χ0v) is 14.3. The fourth-order valence-corrected chi connectivity index (χ4v) is 2.47. The standard InChI is InChI=1S/C18H24N4O2/c1-4-24-16-9-6-5-8-14(16)15(12-13(2)3)20-18(23)21-17-10-7-11-19-22-17/h5-11,13,15H,4,12H2,1-3H3,(H2,20,21,22,23). The van der Waals surface area contributed by atoms with Crippen molar-refractivity contribution in [2.75, 3.05) is 11.9 Å². The average Bonchev–Trinajstić information content (AvgIpc) is 2.55. The monoisotopic (exact) mass is 328 g/mol. The van der Waals surface area contributed by atoms with Gasteiger partial charge in [-0.1, -0.05) is 32.0 Å². The highest BCUT2D eigenvalue weighted by Gasteiger charge is 2.20. The number of para-hydroxylation sites is 1. The van der Waals surface area contributed by atoms with E-state index in [1.165, 1.54) is 0 Å². The fraction of sp³-hybridized carbons (Fsp3) is 0.389. The Balaban J connectivity index is 2.15. The van der Waals surface area contributed by atoms with Gasteiger partial charge in [-0.3, -0.25) is 5.32 Å². The van der Waals surface area contributed by atoms with Crippen molar-refractivity contribution in [3.63, 3.8) is 0 Å². The molecule has 0 saturated heterocycles. The van der Waals surface area contributed by atoms with Crippen LogP contribution >= 0.6 is 0 Å². The van der Waals surface area contributed by atoms with Gasteiger partial charge in [0.2, 0.25) is 0 Å². The average molecular weight is 328 g/mol. The fourth-order valence-electron chi connectivity index (χ4n) is 2.47. The number of anilines is 1. The Morgan fingerprint density at radius 2 is 2.00 bits per heavy atom. The van der Waals surface area contributed by atoms with E-state index in [0.29, 0.717) is 18.3 Å². The molecule has 6 heteroatoms. The molecule has 0 aliphatic carbocycles. The molecule has 1 aromatic carbocycles. The van der Waals surface area contributed by atoms with Crippen molar-refractivity contribution in [2.24, 2.45) is 5.92 Å². The largest absolute Gasteiger partial charge is 0.494 e. The highest BCUT2D eigenvalue weighted by molar-refractivity contribution is 5.88. The second-order valence-corrected chi connectivity index (χ2v) is 5.86. The zero-order valence-electron chi connectivity index (χ0n) is 14.3. The molecule has 0 fully saturated rings. The minimum Gasteiger partial charge on any atom is -0.494 e. The Labute approximate surface area is 142 Å². The molecule has 0 spiro atoms. The lowest BCUT2D eigenvalue weighted by Crippen LogP contribution is -2.33. The molecule has 128 valence electrons. The van der Waals surface area contributed by atoms with E-state index >= 15 is 0 Å². The lowest BCUT2D eigenvalue weighted by Gasteiger charge is -2.23. The molecule has 1 aromatic heterocycles. The molecule has 0 bridgehead atoms. The van der Waals surface area contributed by atoms with Crippen molar-refractivity contribution in [3.05, 3.63) is 48.2 Å². The zero-order chi connectivity index (χ0) is 17.4. The van der Waals surface area contributed by atoms with Crippen molar-refractivity contribution in [2.45, 2.75) is 33.2 Å². The van der Waals surface area contributed by atoms with Crippen LogP contribution in [0, 0.1) is 5.92 Å². The number of carbonyl (C=O) groups excluding carboxylic acids is 1. The summed E-state index contributed by atoms with van der Waals surface area (Å²) in [5.74, 6) is 1.63. The number of hydrogen-bond acceptors (Lipinski definition) is 4. The SMILES string of the molecule is CCOc1ccccc1C(CC(C)C)NC(=O)Nc1cccnn1. The number of hydrogen-bond donors (Lipinski definition) is 2. The quantitative estimate of drug-likeness (QED) is 0.811. The minimum absolute atomic E-state index is 0.149. The predicted molar refractivity (Wildman–Crippen MR) is 94.0 cm³/mol. The Kier molecular flexibility index (Phi) is 6.54. The summed E-state index contributed by atoms with van der Waals surface area (Å²) in [4.78, 5) is 12.3. The van der Waals surface area contributed by atoms with Gasteiger partial charge in [0.25, 0.3) is 0 Å². The van der Waals surface area contributed by atoms with E-state index in [4.69, 9.17) is 4.74 Å². The summed E-state index contributed by atoms with van der Waals surface area (Å²) >= 11 is 0. The van der Waals surface area contributed by atoms with Crippen LogP contribution in [0.25, 0.3) is 0 Å². The summed E-state index contributed by atoms with van der Waals surface area (Å²) in [7, 11) is 0. The van der Waals surface area contributed by atoms with Crippen molar-refractivity contribution >= 4 is 11.8 Å². The lowest BCUT2D eigenvalue weighted by molar-refractivity contribution is 0.245. The number of amides is 2. The second kappa shape index (κ2) is 8.86. The van der Waals surface area contributed by atoms with Gasteiger partial charge < -0.3 is 10.1 Å². The van der Waals surface area contributed by atoms with E-state index in [1.54, 1.807) is 18.3 Å². The summed E-state index contributed by atoms with van der Waals surface area (Å²) in [6.45, 7) is 6.77. The maximum atomic E-state index is 12.3. The third-order valence-electron chi connectivity index (χ3n) is 3.42. The number of nitrogens with one attached hydrogen (secondary N) is 2. The highest BCUT2D eigenvalue weighted by atomic mass is 16.5. The number of carbonyl (C=O) groups is 1. The van der Waals surface area contributed by atoms with Gasteiger partial charge in [0.1, 0.15) is 5.75 Å². The maximum Gasteiger partial charge on any atom is 0.320 e. The van der Waals surface area contributed by atoms with Crippen molar-refractivity contribution in [3.8, 4) is 5.75 Å². The third-order valence-corrected chi connectivity index (χ3v) is 3.42. The van der Waals surface area contributed by atoms with Gasteiger partial charge in [-0.15, -0.1) is 5.10 Å². The molecule has 2 amide bonds. The van der Waals surface area contributed by atoms with Crippen LogP contribution in [0.2, 0.25) is 0 Å². The Hall–Kier alpha value is -2.63. The van der Waals surface area contributed by atoms with Crippen LogP contribution in [-0.2, 0) is 0 Å². The normalized spacial score (nSPS) is 11.8. The molecule has 6 nitrogen and oxygen atoms in total. The molecule has 1 atom stereocenters. The summed E-state index contributed by atoms with van der Waals surface area (Å²) in [5.41, 5.74) is 0.974. The Morgan fingerprint density at radius 1 is 1.21 bits per heavy atom. The van der Waals surface area contributed by atoms with Gasteiger partial charge >= 0.3 is 6.03 Å². The Morgan fingerprint density at radius 3 is 2.67 bits per heavy atom. The molecule has 1 heterocycles. The number of urea groups is 1. The molecule has 2 N–H and O–H groups in total. The molecule has 0 radical (unpaired) electrons. The number of ether oxygens (including phenoxy) is 1. The van der Waals surface area contributed by atoms with E-state index in [9.17, 15) is 4.79 Å². The second-order valence-electron chi connectivity index (χ2n) is 5.86. The molecule has 1 unspecified atom stereocenters. The molecular formula is C18H24N4O2. The van der Waals surface area contributed by atoms with Crippen molar-refractivity contribution in [1.82, 2.24) is 15.5 Å². The van der Waals surface area contributed by atoms with E-state index < -0.39 is 0 Å². The molecule has 2 aromatic rings. The van der Waals surface area contributed by atoms with Crippen LogP contribution in [0.1, 0.15) is 38.8 Å². The topological polar surface area (TPSA) is 76.1 Å². The third kappa shape index (κ3) is 5.22. The van der Waals surface area contributed by atoms with Crippen LogP contribution in [0.3, 0.4) is 0 Å². The minimum atomic E-state index is -0.313. The number of nitrogens with zero attached hydrogens (tertiary/aromatic N) is 2. The van der Waals surface area contributed by atoms with Gasteiger partial charge in [-0.05, 0) is 37.5 Å². The lowest BCUT2D eigenvalue weighted by atomic mass is 9.96. The van der Waals surface area contributed by atoms with E-state index in [1.807, 2.05) is 31.2 Å². The first-order chi connectivity index (χ1) is 11.6. The van der Waals surface area contributed by atoms with Gasteiger partial charge in [0, 0.05) is 11.8 Å². The summed E-state index contributed by atoms with van der Waals surface area (Å²) < 4.78 is 5.71. The first-order valence-corrected chi connectivity index (χ1v) is 8.17. The Bertz CT molecular complexity index is 646. The van der Waals surface area contributed by atoms with Gasteiger partial charge in [0.15, 0.2) is 5.82 Å². The van der Waals surface area contributed by atoms with Crippen molar-refractivity contribution < 1.29 is 9.53 Å². The van der Waals surface area contributed by atoms with Crippen molar-refractivity contribution in [1.29, 1.82) is 0 Å². The summed E-state index contributed by atoms with van der Waals surface area (Å²) in [6, 6.07) is 10.7. The molecule has 2 rings (SSSR count). The predicted octanol–water partition coefficient (Wildman–Crippen LogP) is 3.78. The van der Waals surface area contributed by atoms with E-state index in [2.05, 4.69) is 34.7 Å². The van der Waals surface area contributed by atoms with Crippen LogP contribution in [0.5, 0.6) is 5.75 Å². The molecule has 0 aliphatic rings. The number of rotatable bonds is 7. The first-order valence-electron chi connectivity index (χ1n) is 8.17. The summed E-state index contributed by atoms with van der Waals surface area (Å²) in [5, 5.41) is 13.3. The van der Waals surface area contributed by atoms with Crippen LogP contribution in [-0.4, -0.2) is 22.8 Å². The maximum absolute atomic E-state index is 12.3. The van der Waals surface area contributed by atoms with E-state index in [-0.39, 0.29) is 12.1 Å². The molecule has 0 saturated carbocycles. The van der Waals surface area contributed by atoms with Crippen LogP contribution < -0.4 is 15.4 Å². The highest BCUT2D eigenvalue weighted by Crippen LogP contribution is 2.29. The van der Waals surface area contributed by atoms with Gasteiger partial charge in [-0.2, -0.15) is 5.10 Å².